The van der Waals surface area contributed by atoms with Gasteiger partial charge >= 0.3 is 17.9 Å². The van der Waals surface area contributed by atoms with E-state index in [1.807, 2.05) is 0 Å². The Morgan fingerprint density at radius 2 is 1.86 bits per heavy atom. The zero-order valence-corrected chi connectivity index (χ0v) is 11.4. The van der Waals surface area contributed by atoms with Crippen LogP contribution in [-0.2, 0) is 23.9 Å². The average molecular weight is 294 g/mol. The minimum Gasteiger partial charge on any atom is -0.508 e. The highest BCUT2D eigenvalue weighted by atomic mass is 16.6. The molecule has 21 heavy (non-hydrogen) atoms. The third-order valence-electron chi connectivity index (χ3n) is 2.22. The first-order valence-corrected chi connectivity index (χ1v) is 5.89. The van der Waals surface area contributed by atoms with Gasteiger partial charge in [-0.15, -0.1) is 0 Å². The number of phenols is 1. The standard InChI is InChI=1S/C14H14O7/c1-9(20-13(17)7-6-12(16)19-2)14(18)21-11-5-3-4-10(15)8-11/h3-9,15H,1-2H3/b7-6+. The van der Waals surface area contributed by atoms with Crippen LogP contribution in [0.5, 0.6) is 11.5 Å². The van der Waals surface area contributed by atoms with Crippen molar-refractivity contribution in [1.29, 1.82) is 0 Å². The van der Waals surface area contributed by atoms with Crippen LogP contribution in [-0.4, -0.2) is 36.2 Å². The van der Waals surface area contributed by atoms with Gasteiger partial charge < -0.3 is 19.3 Å². The third kappa shape index (κ3) is 5.77. The smallest absolute Gasteiger partial charge is 0.352 e. The number of hydrogen-bond acceptors (Lipinski definition) is 7. The summed E-state index contributed by atoms with van der Waals surface area (Å²) in [5.74, 6) is -2.37. The number of ether oxygens (including phenoxy) is 3. The maximum absolute atomic E-state index is 11.7. The molecular formula is C14H14O7. The van der Waals surface area contributed by atoms with Crippen molar-refractivity contribution in [3.8, 4) is 11.5 Å². The van der Waals surface area contributed by atoms with Gasteiger partial charge in [0.05, 0.1) is 7.11 Å². The van der Waals surface area contributed by atoms with Crippen LogP contribution in [0.4, 0.5) is 0 Å². The summed E-state index contributed by atoms with van der Waals surface area (Å²) in [6.45, 7) is 1.31. The molecule has 0 fully saturated rings. The van der Waals surface area contributed by atoms with Gasteiger partial charge in [0.15, 0.2) is 6.10 Å². The second-order valence-corrected chi connectivity index (χ2v) is 3.85. The molecule has 0 aliphatic rings. The number of phenolic OH excluding ortho intramolecular Hbond substituents is 1. The lowest BCUT2D eigenvalue weighted by Crippen LogP contribution is -2.27. The molecule has 112 valence electrons. The number of carbonyl (C=O) groups excluding carboxylic acids is 3. The predicted octanol–water partition coefficient (Wildman–Crippen LogP) is 0.958. The molecule has 1 aromatic carbocycles. The molecule has 7 heteroatoms. The molecule has 1 aromatic rings. The van der Waals surface area contributed by atoms with Gasteiger partial charge in [0.2, 0.25) is 0 Å². The number of methoxy groups -OCH3 is 1. The van der Waals surface area contributed by atoms with Gasteiger partial charge in [-0.3, -0.25) is 0 Å². The highest BCUT2D eigenvalue weighted by Gasteiger charge is 2.19. The first kappa shape index (κ1) is 16.2. The Morgan fingerprint density at radius 1 is 1.19 bits per heavy atom. The zero-order valence-electron chi connectivity index (χ0n) is 11.4. The van der Waals surface area contributed by atoms with E-state index >= 15 is 0 Å². The van der Waals surface area contributed by atoms with E-state index in [0.29, 0.717) is 0 Å². The van der Waals surface area contributed by atoms with Crippen LogP contribution in [0.1, 0.15) is 6.92 Å². The molecule has 0 aliphatic carbocycles. The molecule has 0 saturated heterocycles. The quantitative estimate of drug-likeness (QED) is 0.490. The minimum atomic E-state index is -1.18. The Balaban J connectivity index is 2.53. The van der Waals surface area contributed by atoms with E-state index in [-0.39, 0.29) is 11.5 Å². The molecule has 0 heterocycles. The van der Waals surface area contributed by atoms with E-state index in [0.717, 1.165) is 19.3 Å². The lowest BCUT2D eigenvalue weighted by molar-refractivity contribution is -0.157. The van der Waals surface area contributed by atoms with E-state index in [1.165, 1.54) is 31.2 Å². The highest BCUT2D eigenvalue weighted by Crippen LogP contribution is 2.18. The number of carbonyl (C=O) groups is 3. The van der Waals surface area contributed by atoms with Gasteiger partial charge in [0, 0.05) is 18.2 Å². The molecule has 1 atom stereocenters. The van der Waals surface area contributed by atoms with Gasteiger partial charge in [0.25, 0.3) is 0 Å². The van der Waals surface area contributed by atoms with Crippen LogP contribution >= 0.6 is 0 Å². The molecule has 0 aliphatic heterocycles. The Kier molecular flexibility index (Phi) is 5.94. The summed E-state index contributed by atoms with van der Waals surface area (Å²) < 4.78 is 13.9. The summed E-state index contributed by atoms with van der Waals surface area (Å²) in [4.78, 5) is 33.8. The molecule has 0 amide bonds. The molecule has 0 saturated carbocycles. The largest absolute Gasteiger partial charge is 0.508 e. The Hall–Kier alpha value is -2.83. The van der Waals surface area contributed by atoms with Crippen LogP contribution in [0.25, 0.3) is 0 Å². The minimum absolute atomic E-state index is 0.0639. The Labute approximate surface area is 120 Å². The molecular weight excluding hydrogens is 280 g/mol. The highest BCUT2D eigenvalue weighted by molar-refractivity contribution is 5.92. The maximum atomic E-state index is 11.7. The monoisotopic (exact) mass is 294 g/mol. The maximum Gasteiger partial charge on any atom is 0.352 e. The van der Waals surface area contributed by atoms with E-state index in [1.54, 1.807) is 0 Å². The lowest BCUT2D eigenvalue weighted by Gasteiger charge is -2.11. The summed E-state index contributed by atoms with van der Waals surface area (Å²) in [5.41, 5.74) is 0. The van der Waals surface area contributed by atoms with Crippen molar-refractivity contribution in [3.63, 3.8) is 0 Å². The van der Waals surface area contributed by atoms with Crippen LogP contribution < -0.4 is 4.74 Å². The van der Waals surface area contributed by atoms with Gasteiger partial charge in [-0.1, -0.05) is 6.07 Å². The normalized spacial score (nSPS) is 11.7. The van der Waals surface area contributed by atoms with Crippen molar-refractivity contribution in [3.05, 3.63) is 36.4 Å². The fourth-order valence-electron chi connectivity index (χ4n) is 1.21. The fraction of sp³-hybridized carbons (Fsp3) is 0.214. The van der Waals surface area contributed by atoms with Crippen molar-refractivity contribution >= 4 is 17.9 Å². The molecule has 1 rings (SSSR count). The summed E-state index contributed by atoms with van der Waals surface area (Å²) >= 11 is 0. The fourth-order valence-corrected chi connectivity index (χ4v) is 1.21. The van der Waals surface area contributed by atoms with Crippen molar-refractivity contribution in [2.75, 3.05) is 7.11 Å². The SMILES string of the molecule is COC(=O)/C=C/C(=O)OC(C)C(=O)Oc1cccc(O)c1. The summed E-state index contributed by atoms with van der Waals surface area (Å²) in [5, 5.41) is 9.23. The summed E-state index contributed by atoms with van der Waals surface area (Å²) in [6, 6.07) is 5.61. The topological polar surface area (TPSA) is 99.1 Å². The van der Waals surface area contributed by atoms with Gasteiger partial charge in [-0.2, -0.15) is 0 Å². The van der Waals surface area contributed by atoms with Crippen molar-refractivity contribution in [2.24, 2.45) is 0 Å². The number of hydrogen-bond donors (Lipinski definition) is 1. The number of esters is 3. The number of rotatable bonds is 5. The van der Waals surface area contributed by atoms with Crippen molar-refractivity contribution < 1.29 is 33.7 Å². The van der Waals surface area contributed by atoms with Crippen molar-refractivity contribution in [1.82, 2.24) is 0 Å². The molecule has 0 aromatic heterocycles. The Morgan fingerprint density at radius 3 is 2.48 bits per heavy atom. The van der Waals surface area contributed by atoms with Gasteiger partial charge in [-0.25, -0.2) is 14.4 Å². The molecule has 1 unspecified atom stereocenters. The van der Waals surface area contributed by atoms with E-state index in [4.69, 9.17) is 9.47 Å². The number of aromatic hydroxyl groups is 1. The predicted molar refractivity (Wildman–Crippen MR) is 70.5 cm³/mol. The second kappa shape index (κ2) is 7.68. The van der Waals surface area contributed by atoms with Gasteiger partial charge in [0.1, 0.15) is 11.5 Å². The van der Waals surface area contributed by atoms with E-state index in [9.17, 15) is 19.5 Å². The molecule has 7 nitrogen and oxygen atoms in total. The third-order valence-corrected chi connectivity index (χ3v) is 2.22. The van der Waals surface area contributed by atoms with Crippen LogP contribution in [0.2, 0.25) is 0 Å². The second-order valence-electron chi connectivity index (χ2n) is 3.85. The first-order valence-electron chi connectivity index (χ1n) is 5.89. The first-order chi connectivity index (χ1) is 9.92. The van der Waals surface area contributed by atoms with Crippen LogP contribution in [0.15, 0.2) is 36.4 Å². The Bertz CT molecular complexity index is 562. The molecule has 0 spiro atoms. The van der Waals surface area contributed by atoms with E-state index < -0.39 is 24.0 Å². The number of benzene rings is 1. The van der Waals surface area contributed by atoms with Crippen molar-refractivity contribution in [2.45, 2.75) is 13.0 Å². The van der Waals surface area contributed by atoms with Crippen LogP contribution in [0, 0.1) is 0 Å². The summed E-state index contributed by atoms with van der Waals surface area (Å²) in [6.07, 6.45) is 0.529. The zero-order chi connectivity index (χ0) is 15.8. The molecule has 0 radical (unpaired) electrons. The lowest BCUT2D eigenvalue weighted by atomic mass is 10.3. The van der Waals surface area contributed by atoms with Gasteiger partial charge in [-0.05, 0) is 19.1 Å². The molecule has 1 N–H and O–H groups in total. The average Bonchev–Trinajstić information content (AvgIpc) is 2.44. The van der Waals surface area contributed by atoms with E-state index in [2.05, 4.69) is 4.74 Å². The van der Waals surface area contributed by atoms with Crippen LogP contribution in [0.3, 0.4) is 0 Å². The summed E-state index contributed by atoms with van der Waals surface area (Å²) in [7, 11) is 1.16. The molecule has 0 bridgehead atoms.